The Balaban J connectivity index is 1.46. The third-order valence-electron chi connectivity index (χ3n) is 6.26. The molecule has 190 valence electrons. The van der Waals surface area contributed by atoms with E-state index in [-0.39, 0.29) is 43.9 Å². The van der Waals surface area contributed by atoms with Crippen LogP contribution in [0.3, 0.4) is 0 Å². The Morgan fingerprint density at radius 3 is 2.25 bits per heavy atom. The average Bonchev–Trinajstić information content (AvgIpc) is 3.16. The van der Waals surface area contributed by atoms with Crippen molar-refractivity contribution in [3.8, 4) is 0 Å². The highest BCUT2D eigenvalue weighted by atomic mass is 19.4. The molecule has 0 N–H and O–H groups in total. The van der Waals surface area contributed by atoms with Crippen molar-refractivity contribution >= 4 is 34.8 Å². The Labute approximate surface area is 203 Å². The minimum absolute atomic E-state index is 0.0575. The largest absolute Gasteiger partial charge is 0.465 e. The second kappa shape index (κ2) is 9.57. The number of hydrogen-bond donors (Lipinski definition) is 0. The second-order valence-corrected chi connectivity index (χ2v) is 8.31. The van der Waals surface area contributed by atoms with Crippen molar-refractivity contribution < 1.29 is 37.2 Å². The maximum atomic E-state index is 13.1. The minimum atomic E-state index is -4.71. The highest BCUT2D eigenvalue weighted by Gasteiger charge is 2.44. The Hall–Kier alpha value is -4.00. The molecule has 0 saturated carbocycles. The predicted octanol–water partition coefficient (Wildman–Crippen LogP) is 2.85. The van der Waals surface area contributed by atoms with Crippen LogP contribution in [0.25, 0.3) is 0 Å². The Morgan fingerprint density at radius 2 is 1.69 bits per heavy atom. The molecule has 2 aromatic carbocycles. The van der Waals surface area contributed by atoms with Gasteiger partial charge in [-0.15, -0.1) is 0 Å². The molecule has 0 radical (unpaired) electrons. The maximum Gasteiger partial charge on any atom is 0.416 e. The van der Waals surface area contributed by atoms with E-state index in [0.717, 1.165) is 17.0 Å². The van der Waals surface area contributed by atoms with Crippen LogP contribution in [0.5, 0.6) is 0 Å². The van der Waals surface area contributed by atoms with Crippen molar-refractivity contribution in [1.82, 2.24) is 4.90 Å². The van der Waals surface area contributed by atoms with E-state index in [1.807, 2.05) is 0 Å². The van der Waals surface area contributed by atoms with Crippen molar-refractivity contribution in [2.75, 3.05) is 43.1 Å². The Kier molecular flexibility index (Phi) is 6.67. The van der Waals surface area contributed by atoms with E-state index in [9.17, 15) is 37.7 Å². The number of anilines is 2. The van der Waals surface area contributed by atoms with Crippen molar-refractivity contribution in [3.63, 3.8) is 0 Å². The number of ether oxygens (including phenoxy) is 1. The van der Waals surface area contributed by atoms with E-state index in [4.69, 9.17) is 0 Å². The third kappa shape index (κ3) is 4.73. The number of carbonyl (C=O) groups is 3. The number of halogens is 3. The lowest BCUT2D eigenvalue weighted by Gasteiger charge is -2.37. The van der Waals surface area contributed by atoms with E-state index < -0.39 is 46.2 Å². The number of benzene rings is 2. The van der Waals surface area contributed by atoms with Gasteiger partial charge in [0, 0.05) is 32.2 Å². The van der Waals surface area contributed by atoms with Gasteiger partial charge in [-0.05, 0) is 36.4 Å². The summed E-state index contributed by atoms with van der Waals surface area (Å²) in [6.45, 7) is 0.990. The molecule has 0 aliphatic carbocycles. The number of nitro benzene ring substituents is 1. The van der Waals surface area contributed by atoms with Gasteiger partial charge in [0.15, 0.2) is 0 Å². The third-order valence-corrected chi connectivity index (χ3v) is 6.26. The van der Waals surface area contributed by atoms with Gasteiger partial charge in [0.2, 0.25) is 5.91 Å². The summed E-state index contributed by atoms with van der Waals surface area (Å²) in [4.78, 5) is 52.4. The number of carbonyl (C=O) groups excluding carboxylic acids is 3. The van der Waals surface area contributed by atoms with Gasteiger partial charge >= 0.3 is 12.1 Å². The summed E-state index contributed by atoms with van der Waals surface area (Å²) in [5.41, 5.74) is -1.10. The highest BCUT2D eigenvalue weighted by Crippen LogP contribution is 2.37. The number of piperazine rings is 1. The maximum absolute atomic E-state index is 13.1. The van der Waals surface area contributed by atoms with Crippen LogP contribution in [0, 0.1) is 10.1 Å². The van der Waals surface area contributed by atoms with Crippen LogP contribution in [-0.4, -0.2) is 66.9 Å². The fourth-order valence-corrected chi connectivity index (χ4v) is 4.42. The van der Waals surface area contributed by atoms with Gasteiger partial charge in [-0.1, -0.05) is 0 Å². The molecule has 4 rings (SSSR count). The lowest BCUT2D eigenvalue weighted by Crippen LogP contribution is -2.52. The monoisotopic (exact) mass is 506 g/mol. The Morgan fingerprint density at radius 1 is 1.06 bits per heavy atom. The number of hydrogen-bond acceptors (Lipinski definition) is 8. The zero-order valence-electron chi connectivity index (χ0n) is 19.0. The van der Waals surface area contributed by atoms with Gasteiger partial charge in [-0.25, -0.2) is 9.69 Å². The number of esters is 1. The van der Waals surface area contributed by atoms with Crippen LogP contribution in [0.2, 0.25) is 0 Å². The summed E-state index contributed by atoms with van der Waals surface area (Å²) in [6, 6.07) is 7.53. The van der Waals surface area contributed by atoms with Gasteiger partial charge in [-0.3, -0.25) is 24.6 Å². The molecule has 10 nitrogen and oxygen atoms in total. The summed E-state index contributed by atoms with van der Waals surface area (Å²) in [6.07, 6.45) is -4.76. The standard InChI is InChI=1S/C23H21F3N4O6/c1-36-22(33)14-2-5-16(6-3-14)29-20(31)13-19(21(29)32)28-10-8-27(9-11-28)17-7-4-15(23(24,25)26)12-18(17)30(34)35/h2-7,12,19H,8-11,13H2,1H3/t19-/m1/s1. The number of methoxy groups -OCH3 is 1. The smallest absolute Gasteiger partial charge is 0.416 e. The first kappa shape index (κ1) is 25.1. The summed E-state index contributed by atoms with van der Waals surface area (Å²) in [7, 11) is 1.24. The SMILES string of the molecule is COC(=O)c1ccc(N2C(=O)C[C@@H](N3CCN(c4ccc(C(F)(F)F)cc4[N+](=O)[O-])CC3)C2=O)cc1. The minimum Gasteiger partial charge on any atom is -0.465 e. The summed E-state index contributed by atoms with van der Waals surface area (Å²) in [5, 5.41) is 11.4. The molecule has 13 heteroatoms. The fraction of sp³-hybridized carbons (Fsp3) is 0.348. The fourth-order valence-electron chi connectivity index (χ4n) is 4.42. The quantitative estimate of drug-likeness (QED) is 0.263. The highest BCUT2D eigenvalue weighted by molar-refractivity contribution is 6.22. The van der Waals surface area contributed by atoms with Gasteiger partial charge in [-0.2, -0.15) is 13.2 Å². The van der Waals surface area contributed by atoms with Gasteiger partial charge in [0.05, 0.1) is 41.3 Å². The molecule has 0 bridgehead atoms. The molecule has 2 saturated heterocycles. The number of nitro groups is 1. The molecule has 2 aliphatic heterocycles. The molecule has 2 aromatic rings. The summed E-state index contributed by atoms with van der Waals surface area (Å²) >= 11 is 0. The second-order valence-electron chi connectivity index (χ2n) is 8.31. The van der Waals surface area contributed by atoms with Gasteiger partial charge in [0.25, 0.3) is 11.6 Å². The van der Waals surface area contributed by atoms with Crippen LogP contribution < -0.4 is 9.80 Å². The number of nitrogens with zero attached hydrogens (tertiary/aromatic N) is 4. The van der Waals surface area contributed by atoms with Crippen molar-refractivity contribution in [3.05, 3.63) is 63.7 Å². The lowest BCUT2D eigenvalue weighted by molar-refractivity contribution is -0.384. The zero-order valence-corrected chi connectivity index (χ0v) is 19.0. The van der Waals surface area contributed by atoms with Crippen LogP contribution in [0.4, 0.5) is 30.2 Å². The van der Waals surface area contributed by atoms with Crippen LogP contribution >= 0.6 is 0 Å². The van der Waals surface area contributed by atoms with Crippen LogP contribution in [0.15, 0.2) is 42.5 Å². The van der Waals surface area contributed by atoms with Crippen molar-refractivity contribution in [1.29, 1.82) is 0 Å². The molecule has 2 fully saturated rings. The lowest BCUT2D eigenvalue weighted by atomic mass is 10.1. The van der Waals surface area contributed by atoms with Gasteiger partial charge < -0.3 is 9.64 Å². The number of imide groups is 1. The van der Waals surface area contributed by atoms with Crippen LogP contribution in [0.1, 0.15) is 22.3 Å². The van der Waals surface area contributed by atoms with E-state index in [0.29, 0.717) is 11.8 Å². The summed E-state index contributed by atoms with van der Waals surface area (Å²) in [5.74, 6) is -1.39. The molecular weight excluding hydrogens is 485 g/mol. The van der Waals surface area contributed by atoms with E-state index >= 15 is 0 Å². The molecule has 2 heterocycles. The molecule has 1 atom stereocenters. The first-order chi connectivity index (χ1) is 17.0. The van der Waals surface area contributed by atoms with E-state index in [1.54, 1.807) is 9.80 Å². The normalized spacial score (nSPS) is 19.1. The first-order valence-electron chi connectivity index (χ1n) is 10.9. The van der Waals surface area contributed by atoms with E-state index in [1.165, 1.54) is 31.4 Å². The topological polar surface area (TPSA) is 113 Å². The average molecular weight is 506 g/mol. The van der Waals surface area contributed by atoms with Crippen molar-refractivity contribution in [2.45, 2.75) is 18.6 Å². The molecular formula is C23H21F3N4O6. The van der Waals surface area contributed by atoms with Crippen molar-refractivity contribution in [2.24, 2.45) is 0 Å². The number of alkyl halides is 3. The Bertz CT molecular complexity index is 1210. The number of rotatable bonds is 5. The van der Waals surface area contributed by atoms with Crippen LogP contribution in [-0.2, 0) is 20.5 Å². The zero-order chi connectivity index (χ0) is 26.2. The molecule has 2 amide bonds. The molecule has 0 unspecified atom stereocenters. The van der Waals surface area contributed by atoms with Gasteiger partial charge in [0.1, 0.15) is 5.69 Å². The van der Waals surface area contributed by atoms with E-state index in [2.05, 4.69) is 4.74 Å². The molecule has 36 heavy (non-hydrogen) atoms. The predicted molar refractivity (Wildman–Crippen MR) is 121 cm³/mol. The molecule has 2 aliphatic rings. The summed E-state index contributed by atoms with van der Waals surface area (Å²) < 4.78 is 43.6. The molecule has 0 aromatic heterocycles. The number of amides is 2. The molecule has 0 spiro atoms. The first-order valence-corrected chi connectivity index (χ1v) is 10.9.